The highest BCUT2D eigenvalue weighted by Gasteiger charge is 2.59. The van der Waals surface area contributed by atoms with Gasteiger partial charge in [-0.3, -0.25) is 4.79 Å². The molecule has 0 aromatic carbocycles. The molecule has 2 saturated heterocycles. The van der Waals surface area contributed by atoms with Gasteiger partial charge in [-0.05, 0) is 43.4 Å². The number of amides is 1. The molecule has 0 spiro atoms. The van der Waals surface area contributed by atoms with Crippen LogP contribution >= 0.6 is 0 Å². The number of nitrogens with zero attached hydrogens (tertiary/aromatic N) is 1. The number of likely N-dealkylation sites (tertiary alicyclic amines) is 1. The van der Waals surface area contributed by atoms with Crippen LogP contribution in [0.25, 0.3) is 0 Å². The highest BCUT2D eigenvalue weighted by molar-refractivity contribution is 5.83. The minimum atomic E-state index is 0.429. The van der Waals surface area contributed by atoms with Crippen LogP contribution in [0, 0.1) is 29.6 Å². The van der Waals surface area contributed by atoms with Crippen LogP contribution < -0.4 is 5.32 Å². The Labute approximate surface area is 103 Å². The first-order valence-corrected chi connectivity index (χ1v) is 7.28. The molecule has 0 bridgehead atoms. The summed E-state index contributed by atoms with van der Waals surface area (Å²) in [5, 5.41) is 3.46. The molecule has 2 heterocycles. The highest BCUT2D eigenvalue weighted by atomic mass is 16.2. The average Bonchev–Trinajstić information content (AvgIpc) is 2.78. The lowest BCUT2D eigenvalue weighted by Gasteiger charge is -2.25. The fourth-order valence-electron chi connectivity index (χ4n) is 4.84. The Bertz CT molecular complexity index is 346. The lowest BCUT2D eigenvalue weighted by molar-refractivity contribution is -0.134. The van der Waals surface area contributed by atoms with Crippen molar-refractivity contribution in [2.24, 2.45) is 29.6 Å². The van der Waals surface area contributed by atoms with Gasteiger partial charge < -0.3 is 10.2 Å². The molecule has 17 heavy (non-hydrogen) atoms. The van der Waals surface area contributed by atoms with Crippen LogP contribution in [0.3, 0.4) is 0 Å². The number of hydrogen-bond donors (Lipinski definition) is 1. The molecule has 3 heteroatoms. The zero-order valence-corrected chi connectivity index (χ0v) is 10.6. The van der Waals surface area contributed by atoms with Gasteiger partial charge >= 0.3 is 0 Å². The molecule has 1 amide bonds. The zero-order valence-electron chi connectivity index (χ0n) is 10.6. The van der Waals surface area contributed by atoms with Crippen LogP contribution in [0.2, 0.25) is 0 Å². The van der Waals surface area contributed by atoms with Crippen LogP contribution in [0.1, 0.15) is 26.2 Å². The number of rotatable bonds is 1. The van der Waals surface area contributed by atoms with E-state index in [0.717, 1.165) is 43.3 Å². The van der Waals surface area contributed by atoms with Gasteiger partial charge in [-0.2, -0.15) is 0 Å². The van der Waals surface area contributed by atoms with Gasteiger partial charge in [0.1, 0.15) is 0 Å². The van der Waals surface area contributed by atoms with Crippen LogP contribution in [0.5, 0.6) is 0 Å². The predicted molar refractivity (Wildman–Crippen MR) is 65.3 cm³/mol. The number of fused-ring (bicyclic) bond motifs is 2. The molecule has 0 aromatic heterocycles. The van der Waals surface area contributed by atoms with E-state index in [1.54, 1.807) is 0 Å². The maximum atomic E-state index is 12.6. The van der Waals surface area contributed by atoms with Gasteiger partial charge in [-0.15, -0.1) is 0 Å². The van der Waals surface area contributed by atoms with Gasteiger partial charge in [0.05, 0.1) is 0 Å². The Morgan fingerprint density at radius 1 is 1.18 bits per heavy atom. The average molecular weight is 234 g/mol. The molecule has 3 nitrogen and oxygen atoms in total. The summed E-state index contributed by atoms with van der Waals surface area (Å²) in [7, 11) is 0. The number of nitrogens with one attached hydrogen (secondary N) is 1. The minimum Gasteiger partial charge on any atom is -0.339 e. The number of carbonyl (C=O) groups is 1. The fourth-order valence-corrected chi connectivity index (χ4v) is 4.84. The molecule has 94 valence electrons. The van der Waals surface area contributed by atoms with Crippen molar-refractivity contribution in [2.75, 3.05) is 19.6 Å². The van der Waals surface area contributed by atoms with Gasteiger partial charge in [0.15, 0.2) is 0 Å². The van der Waals surface area contributed by atoms with Crippen molar-refractivity contribution in [1.82, 2.24) is 10.2 Å². The van der Waals surface area contributed by atoms with Crippen molar-refractivity contribution in [3.8, 4) is 0 Å². The zero-order chi connectivity index (χ0) is 11.6. The first-order chi connectivity index (χ1) is 8.27. The second-order valence-corrected chi connectivity index (χ2v) is 6.60. The second-order valence-electron chi connectivity index (χ2n) is 6.60. The fraction of sp³-hybridized carbons (Fsp3) is 0.929. The first kappa shape index (κ1) is 10.4. The Hall–Kier alpha value is -0.570. The van der Waals surface area contributed by atoms with E-state index in [-0.39, 0.29) is 0 Å². The molecule has 4 rings (SSSR count). The van der Waals surface area contributed by atoms with E-state index in [1.165, 1.54) is 19.3 Å². The Balaban J connectivity index is 1.47. The molecule has 0 radical (unpaired) electrons. The minimum absolute atomic E-state index is 0.429. The van der Waals surface area contributed by atoms with E-state index in [0.29, 0.717) is 17.9 Å². The van der Waals surface area contributed by atoms with Crippen molar-refractivity contribution in [3.05, 3.63) is 0 Å². The molecule has 4 aliphatic rings. The number of hydrogen-bond acceptors (Lipinski definition) is 2. The van der Waals surface area contributed by atoms with E-state index >= 15 is 0 Å². The molecule has 2 aliphatic heterocycles. The molecule has 0 aromatic rings. The molecular formula is C14H22N2O. The van der Waals surface area contributed by atoms with Crippen LogP contribution in [0.15, 0.2) is 0 Å². The lowest BCUT2D eigenvalue weighted by atomic mass is 9.95. The maximum absolute atomic E-state index is 12.6. The summed E-state index contributed by atoms with van der Waals surface area (Å²) in [4.78, 5) is 14.8. The molecule has 1 N–H and O–H groups in total. The normalized spacial score (nSPS) is 51.5. The Morgan fingerprint density at radius 2 is 1.94 bits per heavy atom. The quantitative estimate of drug-likeness (QED) is 0.737. The molecule has 5 unspecified atom stereocenters. The van der Waals surface area contributed by atoms with Gasteiger partial charge in [-0.1, -0.05) is 6.42 Å². The lowest BCUT2D eigenvalue weighted by Crippen LogP contribution is -2.39. The van der Waals surface area contributed by atoms with Gasteiger partial charge in [0, 0.05) is 31.6 Å². The van der Waals surface area contributed by atoms with E-state index < -0.39 is 0 Å². The summed E-state index contributed by atoms with van der Waals surface area (Å²) in [5.74, 6) is 3.92. The summed E-state index contributed by atoms with van der Waals surface area (Å²) in [6, 6.07) is 0.476. The SMILES string of the molecule is CC1C2CNCC2CN1C(=O)C1C2CCCC21. The van der Waals surface area contributed by atoms with Crippen LogP contribution in [-0.4, -0.2) is 36.5 Å². The van der Waals surface area contributed by atoms with Crippen molar-refractivity contribution >= 4 is 5.91 Å². The van der Waals surface area contributed by atoms with E-state index in [4.69, 9.17) is 0 Å². The van der Waals surface area contributed by atoms with Gasteiger partial charge in [0.25, 0.3) is 0 Å². The Morgan fingerprint density at radius 3 is 2.65 bits per heavy atom. The summed E-state index contributed by atoms with van der Waals surface area (Å²) in [6.07, 6.45) is 4.00. The van der Waals surface area contributed by atoms with Crippen LogP contribution in [0.4, 0.5) is 0 Å². The predicted octanol–water partition coefficient (Wildman–Crippen LogP) is 1.10. The maximum Gasteiger partial charge on any atom is 0.226 e. The second kappa shape index (κ2) is 3.47. The van der Waals surface area contributed by atoms with Crippen molar-refractivity contribution in [2.45, 2.75) is 32.2 Å². The van der Waals surface area contributed by atoms with E-state index in [2.05, 4.69) is 17.1 Å². The van der Waals surface area contributed by atoms with Gasteiger partial charge in [0.2, 0.25) is 5.91 Å². The topological polar surface area (TPSA) is 32.3 Å². The summed E-state index contributed by atoms with van der Waals surface area (Å²) < 4.78 is 0. The largest absolute Gasteiger partial charge is 0.339 e. The summed E-state index contributed by atoms with van der Waals surface area (Å²) in [5.41, 5.74) is 0. The van der Waals surface area contributed by atoms with Crippen molar-refractivity contribution < 1.29 is 4.79 Å². The molecule has 5 atom stereocenters. The smallest absolute Gasteiger partial charge is 0.226 e. The first-order valence-electron chi connectivity index (χ1n) is 7.28. The summed E-state index contributed by atoms with van der Waals surface area (Å²) >= 11 is 0. The van der Waals surface area contributed by atoms with E-state index in [1.807, 2.05) is 0 Å². The van der Waals surface area contributed by atoms with Crippen molar-refractivity contribution in [3.63, 3.8) is 0 Å². The molecule has 2 aliphatic carbocycles. The van der Waals surface area contributed by atoms with Crippen LogP contribution in [-0.2, 0) is 4.79 Å². The third-order valence-corrected chi connectivity index (χ3v) is 5.91. The third kappa shape index (κ3) is 1.35. The third-order valence-electron chi connectivity index (χ3n) is 5.91. The highest BCUT2D eigenvalue weighted by Crippen LogP contribution is 2.58. The molecular weight excluding hydrogens is 212 g/mol. The molecule has 2 saturated carbocycles. The van der Waals surface area contributed by atoms with Gasteiger partial charge in [-0.25, -0.2) is 0 Å². The van der Waals surface area contributed by atoms with E-state index in [9.17, 15) is 4.79 Å². The monoisotopic (exact) mass is 234 g/mol. The number of carbonyl (C=O) groups excluding carboxylic acids is 1. The Kier molecular flexibility index (Phi) is 2.11. The molecule has 4 fully saturated rings. The standard InChI is InChI=1S/C14H22N2O/c1-8-12-6-15-5-9(12)7-16(8)14(17)13-10-3-2-4-11(10)13/h8-13,15H,2-7H2,1H3. The van der Waals surface area contributed by atoms with Crippen molar-refractivity contribution in [1.29, 1.82) is 0 Å². The summed E-state index contributed by atoms with van der Waals surface area (Å²) in [6.45, 7) is 5.52.